The van der Waals surface area contributed by atoms with Crippen LogP contribution in [0.25, 0.3) is 16.2 Å². The maximum atomic E-state index is 13.6. The number of imidazole rings is 1. The highest BCUT2D eigenvalue weighted by Crippen LogP contribution is 2.42. The molecule has 1 atom stereocenters. The van der Waals surface area contributed by atoms with E-state index in [-0.39, 0.29) is 40.7 Å². The highest BCUT2D eigenvalue weighted by Gasteiger charge is 2.53. The number of hydrogen-bond donors (Lipinski definition) is 1. The summed E-state index contributed by atoms with van der Waals surface area (Å²) in [5.41, 5.74) is -1.14. The molecule has 2 aliphatic heterocycles. The van der Waals surface area contributed by atoms with Crippen LogP contribution in [0.3, 0.4) is 0 Å². The van der Waals surface area contributed by atoms with Crippen molar-refractivity contribution in [1.29, 1.82) is 0 Å². The average Bonchev–Trinajstić information content (AvgIpc) is 3.51. The Labute approximate surface area is 244 Å². The van der Waals surface area contributed by atoms with Crippen molar-refractivity contribution < 1.29 is 31.5 Å². The molecule has 1 amide bonds. The summed E-state index contributed by atoms with van der Waals surface area (Å²) in [5, 5.41) is 6.66. The van der Waals surface area contributed by atoms with Crippen LogP contribution in [0, 0.1) is 0 Å². The van der Waals surface area contributed by atoms with E-state index in [2.05, 4.69) is 14.9 Å². The second-order valence-corrected chi connectivity index (χ2v) is 14.0. The van der Waals surface area contributed by atoms with Gasteiger partial charge in [0.25, 0.3) is 12.3 Å². The molecule has 3 aromatic rings. The van der Waals surface area contributed by atoms with E-state index >= 15 is 0 Å². The van der Waals surface area contributed by atoms with Gasteiger partial charge in [-0.3, -0.25) is 9.36 Å². The predicted octanol–water partition coefficient (Wildman–Crippen LogP) is 1.40. The van der Waals surface area contributed by atoms with Gasteiger partial charge in [0, 0.05) is 39.8 Å². The molecule has 42 heavy (non-hydrogen) atoms. The number of sulfonamides is 1. The topological polar surface area (TPSA) is 141 Å². The van der Waals surface area contributed by atoms with E-state index in [9.17, 15) is 26.8 Å². The number of alkyl halides is 2. The number of hydrogen-bond acceptors (Lipinski definition) is 10. The summed E-state index contributed by atoms with van der Waals surface area (Å²) in [6, 6.07) is 2.60. The lowest BCUT2D eigenvalue weighted by Crippen LogP contribution is -2.59. The van der Waals surface area contributed by atoms with Crippen molar-refractivity contribution in [1.82, 2.24) is 29.0 Å². The fourth-order valence-corrected chi connectivity index (χ4v) is 7.76. The summed E-state index contributed by atoms with van der Waals surface area (Å²) in [6.07, 6.45) is -1.54. The van der Waals surface area contributed by atoms with Gasteiger partial charge in [-0.15, -0.1) is 10.2 Å². The van der Waals surface area contributed by atoms with E-state index in [0.717, 1.165) is 4.57 Å². The minimum Gasteiger partial charge on any atom is -0.377 e. The van der Waals surface area contributed by atoms with Gasteiger partial charge in [-0.05, 0) is 38.8 Å². The van der Waals surface area contributed by atoms with E-state index in [4.69, 9.17) is 9.47 Å². The monoisotopic (exact) mass is 627 g/mol. The van der Waals surface area contributed by atoms with Gasteiger partial charge in [0.1, 0.15) is 5.60 Å². The summed E-state index contributed by atoms with van der Waals surface area (Å²) in [5.74, 6) is -0.0663. The SMILES string of the molecule is COC1(C(=O)N2CCN(c3cc(S(=O)(=O)NC4(C)COC4)cc4c3n(C)c(=O)n4-c3nnc(C(F)F)s3)C[C@H]2C)CC1. The fraction of sp³-hybridized carbons (Fsp3) is 0.600. The summed E-state index contributed by atoms with van der Waals surface area (Å²) >= 11 is 0.554. The van der Waals surface area contributed by atoms with Gasteiger partial charge in [0.05, 0.1) is 40.4 Å². The van der Waals surface area contributed by atoms with E-state index in [1.165, 1.54) is 30.9 Å². The van der Waals surface area contributed by atoms with E-state index in [0.29, 0.717) is 55.0 Å². The molecule has 0 bridgehead atoms. The minimum absolute atomic E-state index is 0.0663. The van der Waals surface area contributed by atoms with Gasteiger partial charge in [-0.1, -0.05) is 11.3 Å². The van der Waals surface area contributed by atoms with Gasteiger partial charge in [-0.2, -0.15) is 0 Å². The normalized spacial score (nSPS) is 21.6. The van der Waals surface area contributed by atoms with E-state index in [1.807, 2.05) is 11.8 Å². The van der Waals surface area contributed by atoms with Crippen LogP contribution in [0.15, 0.2) is 21.8 Å². The van der Waals surface area contributed by atoms with E-state index in [1.54, 1.807) is 11.8 Å². The van der Waals surface area contributed by atoms with E-state index < -0.39 is 38.3 Å². The lowest BCUT2D eigenvalue weighted by Gasteiger charge is -2.42. The molecule has 6 rings (SSSR count). The van der Waals surface area contributed by atoms with Gasteiger partial charge < -0.3 is 19.3 Å². The third-order valence-electron chi connectivity index (χ3n) is 8.15. The van der Waals surface area contributed by atoms with Crippen LogP contribution < -0.4 is 15.3 Å². The first-order chi connectivity index (χ1) is 19.8. The summed E-state index contributed by atoms with van der Waals surface area (Å²) < 4.78 is 69.8. The molecule has 2 saturated heterocycles. The molecule has 1 aromatic carbocycles. The Balaban J connectivity index is 1.46. The van der Waals surface area contributed by atoms with Crippen LogP contribution >= 0.6 is 11.3 Å². The van der Waals surface area contributed by atoms with Crippen LogP contribution in [0.1, 0.15) is 38.1 Å². The molecule has 0 radical (unpaired) electrons. The summed E-state index contributed by atoms with van der Waals surface area (Å²) in [6.45, 7) is 5.12. The Hall–Kier alpha value is -2.99. The maximum Gasteiger partial charge on any atom is 0.335 e. The predicted molar refractivity (Wildman–Crippen MR) is 149 cm³/mol. The molecule has 17 heteroatoms. The molecule has 2 aromatic heterocycles. The second-order valence-electron chi connectivity index (χ2n) is 11.4. The van der Waals surface area contributed by atoms with Crippen molar-refractivity contribution in [2.45, 2.75) is 55.2 Å². The lowest BCUT2D eigenvalue weighted by atomic mass is 10.0. The largest absolute Gasteiger partial charge is 0.377 e. The van der Waals surface area contributed by atoms with Crippen molar-refractivity contribution >= 4 is 44.0 Å². The molecule has 1 N–H and O–H groups in total. The zero-order chi connectivity index (χ0) is 30.2. The van der Waals surface area contributed by atoms with Gasteiger partial charge >= 0.3 is 5.69 Å². The van der Waals surface area contributed by atoms with Crippen LogP contribution in [0.5, 0.6) is 0 Å². The molecular weight excluding hydrogens is 596 g/mol. The quantitative estimate of drug-likeness (QED) is 0.393. The number of methoxy groups -OCH3 is 1. The number of rotatable bonds is 8. The molecule has 4 heterocycles. The first-order valence-corrected chi connectivity index (χ1v) is 15.7. The third kappa shape index (κ3) is 4.70. The first kappa shape index (κ1) is 29.1. The number of aromatic nitrogens is 4. The summed E-state index contributed by atoms with van der Waals surface area (Å²) in [7, 11) is -1.05. The van der Waals surface area contributed by atoms with Crippen LogP contribution in [0.4, 0.5) is 14.5 Å². The van der Waals surface area contributed by atoms with Crippen molar-refractivity contribution in [3.63, 3.8) is 0 Å². The molecule has 0 spiro atoms. The maximum absolute atomic E-state index is 13.6. The second kappa shape index (κ2) is 10.0. The van der Waals surface area contributed by atoms with Crippen molar-refractivity contribution in [3.05, 3.63) is 27.6 Å². The van der Waals surface area contributed by atoms with Crippen LogP contribution in [-0.4, -0.2) is 95.7 Å². The third-order valence-corrected chi connectivity index (χ3v) is 10.7. The number of amides is 1. The molecule has 1 saturated carbocycles. The number of aryl methyl sites for hydroxylation is 1. The Morgan fingerprint density at radius 2 is 1.95 bits per heavy atom. The zero-order valence-corrected chi connectivity index (χ0v) is 25.1. The van der Waals surface area contributed by atoms with Crippen molar-refractivity contribution in [2.75, 3.05) is 44.9 Å². The number of carbonyl (C=O) groups excluding carboxylic acids is 1. The number of nitrogens with one attached hydrogen (secondary N) is 1. The van der Waals surface area contributed by atoms with Crippen molar-refractivity contribution in [3.8, 4) is 5.13 Å². The minimum atomic E-state index is -4.11. The number of benzene rings is 1. The molecule has 1 aliphatic carbocycles. The fourth-order valence-electron chi connectivity index (χ4n) is 5.64. The highest BCUT2D eigenvalue weighted by molar-refractivity contribution is 7.89. The van der Waals surface area contributed by atoms with Gasteiger partial charge in [0.2, 0.25) is 15.2 Å². The molecular formula is C25H31F2N7O6S2. The van der Waals surface area contributed by atoms with Crippen molar-refractivity contribution in [2.24, 2.45) is 7.05 Å². The Kier molecular flexibility index (Phi) is 6.96. The lowest BCUT2D eigenvalue weighted by molar-refractivity contribution is -0.147. The van der Waals surface area contributed by atoms with Crippen LogP contribution in [0.2, 0.25) is 0 Å². The zero-order valence-electron chi connectivity index (χ0n) is 23.5. The number of halogens is 2. The molecule has 13 nitrogen and oxygen atoms in total. The van der Waals surface area contributed by atoms with Crippen LogP contribution in [-0.2, 0) is 31.3 Å². The molecule has 0 unspecified atom stereocenters. The first-order valence-electron chi connectivity index (χ1n) is 13.4. The number of carbonyl (C=O) groups is 1. The number of ether oxygens (including phenoxy) is 2. The molecule has 3 fully saturated rings. The number of fused-ring (bicyclic) bond motifs is 1. The van der Waals surface area contributed by atoms with Gasteiger partial charge in [-0.25, -0.2) is 31.3 Å². The molecule has 3 aliphatic rings. The Morgan fingerprint density at radius 1 is 1.24 bits per heavy atom. The average molecular weight is 628 g/mol. The van der Waals surface area contributed by atoms with Gasteiger partial charge in [0.15, 0.2) is 5.01 Å². The highest BCUT2D eigenvalue weighted by atomic mass is 32.2. The Bertz CT molecular complexity index is 1730. The number of piperazine rings is 1. The molecule has 228 valence electrons. The summed E-state index contributed by atoms with van der Waals surface area (Å²) in [4.78, 5) is 30.3. The smallest absolute Gasteiger partial charge is 0.335 e. The Morgan fingerprint density at radius 3 is 2.50 bits per heavy atom. The number of nitrogens with zero attached hydrogens (tertiary/aromatic N) is 6. The number of anilines is 1. The standard InChI is InChI=1S/C25H31F2N7O6S2/c1-14-11-32(7-8-33(14)21(35)25(39-4)5-6-25)16-9-15(42(37,38)30-24(2)12-40-13-24)10-17-18(16)31(3)23(36)34(17)22-29-28-20(41-22)19(26)27/h9-10,14,19,30H,5-8,11-13H2,1-4H3/t14-/m1/s1.